The van der Waals surface area contributed by atoms with E-state index in [-0.39, 0.29) is 0 Å². The number of benzene rings is 1. The molecule has 0 heterocycles. The summed E-state index contributed by atoms with van der Waals surface area (Å²) in [5.41, 5.74) is 1.25. The van der Waals surface area contributed by atoms with Gasteiger partial charge in [-0.15, -0.1) is 0 Å². The maximum atomic E-state index is 6.05. The Balaban J connectivity index is 2.28. The summed E-state index contributed by atoms with van der Waals surface area (Å²) in [4.78, 5) is 0. The summed E-state index contributed by atoms with van der Waals surface area (Å²) in [6.45, 7) is 5.38. The largest absolute Gasteiger partial charge is 0.315 e. The smallest absolute Gasteiger partial charge is 0.0437 e. The molecule has 0 saturated carbocycles. The van der Waals surface area contributed by atoms with Crippen LogP contribution in [0.1, 0.15) is 25.8 Å². The lowest BCUT2D eigenvalue weighted by Crippen LogP contribution is -2.23. The minimum absolute atomic E-state index is 0.571. The van der Waals surface area contributed by atoms with Gasteiger partial charge in [0, 0.05) is 11.1 Å². The van der Waals surface area contributed by atoms with Crippen LogP contribution in [0.5, 0.6) is 0 Å². The van der Waals surface area contributed by atoms with Gasteiger partial charge in [-0.3, -0.25) is 0 Å². The zero-order valence-electron chi connectivity index (χ0n) is 8.89. The molecule has 14 heavy (non-hydrogen) atoms. The topological polar surface area (TPSA) is 12.0 Å². The van der Waals surface area contributed by atoms with Gasteiger partial charge in [-0.2, -0.15) is 0 Å². The van der Waals surface area contributed by atoms with Crippen LogP contribution in [0.3, 0.4) is 0 Å². The minimum atomic E-state index is 0.571. The van der Waals surface area contributed by atoms with Crippen LogP contribution >= 0.6 is 11.6 Å². The van der Waals surface area contributed by atoms with Gasteiger partial charge >= 0.3 is 0 Å². The third-order valence-corrected chi connectivity index (χ3v) is 2.50. The maximum Gasteiger partial charge on any atom is 0.0437 e. The highest BCUT2D eigenvalue weighted by Gasteiger charge is 1.98. The molecule has 0 aliphatic rings. The molecule has 78 valence electrons. The first-order valence-corrected chi connectivity index (χ1v) is 5.54. The normalized spacial score (nSPS) is 10.9. The Morgan fingerprint density at radius 3 is 2.64 bits per heavy atom. The van der Waals surface area contributed by atoms with Crippen molar-refractivity contribution < 1.29 is 0 Å². The summed E-state index contributed by atoms with van der Waals surface area (Å²) in [6, 6.07) is 8.63. The van der Waals surface area contributed by atoms with Crippen LogP contribution < -0.4 is 5.32 Å². The summed E-state index contributed by atoms with van der Waals surface area (Å²) in [5.74, 6) is 0. The van der Waals surface area contributed by atoms with E-state index in [1.807, 2.05) is 18.2 Å². The number of aryl methyl sites for hydroxylation is 1. The number of nitrogens with one attached hydrogen (secondary N) is 1. The molecule has 0 aromatic heterocycles. The predicted molar refractivity (Wildman–Crippen MR) is 62.9 cm³/mol. The molecule has 1 rings (SSSR count). The Bertz CT molecular complexity index is 271. The molecule has 1 aromatic rings. The fraction of sp³-hybridized carbons (Fsp3) is 0.500. The number of hydrogen-bond acceptors (Lipinski definition) is 1. The molecule has 0 fully saturated rings. The quantitative estimate of drug-likeness (QED) is 0.738. The molecule has 0 radical (unpaired) electrons. The van der Waals surface area contributed by atoms with Crippen LogP contribution in [0.25, 0.3) is 0 Å². The van der Waals surface area contributed by atoms with Crippen LogP contribution in [0, 0.1) is 0 Å². The van der Waals surface area contributed by atoms with Gasteiger partial charge < -0.3 is 5.32 Å². The Morgan fingerprint density at radius 1 is 1.29 bits per heavy atom. The van der Waals surface area contributed by atoms with Crippen molar-refractivity contribution in [1.82, 2.24) is 5.32 Å². The first kappa shape index (κ1) is 11.5. The van der Waals surface area contributed by atoms with E-state index in [2.05, 4.69) is 25.2 Å². The molecule has 0 aliphatic carbocycles. The van der Waals surface area contributed by atoms with Gasteiger partial charge in [-0.05, 0) is 31.0 Å². The van der Waals surface area contributed by atoms with E-state index in [1.54, 1.807) is 0 Å². The van der Waals surface area contributed by atoms with Crippen LogP contribution in [0.15, 0.2) is 24.3 Å². The van der Waals surface area contributed by atoms with Crippen molar-refractivity contribution in [2.45, 2.75) is 32.7 Å². The molecule has 1 N–H and O–H groups in total. The lowest BCUT2D eigenvalue weighted by Gasteiger charge is -2.08. The van der Waals surface area contributed by atoms with Crippen molar-refractivity contribution in [1.29, 1.82) is 0 Å². The zero-order valence-corrected chi connectivity index (χ0v) is 9.64. The molecule has 0 aliphatic heterocycles. The summed E-state index contributed by atoms with van der Waals surface area (Å²) in [6.07, 6.45) is 2.20. The molecule has 1 aromatic carbocycles. The second-order valence-electron chi connectivity index (χ2n) is 3.80. The molecule has 1 nitrogen and oxygen atoms in total. The molecule has 0 spiro atoms. The highest BCUT2D eigenvalue weighted by molar-refractivity contribution is 6.31. The summed E-state index contributed by atoms with van der Waals surface area (Å²) in [7, 11) is 0. The highest BCUT2D eigenvalue weighted by atomic mass is 35.5. The number of halogens is 1. The average molecular weight is 212 g/mol. The predicted octanol–water partition coefficient (Wildman–Crippen LogP) is 3.27. The van der Waals surface area contributed by atoms with E-state index in [4.69, 9.17) is 11.6 Å². The Hall–Kier alpha value is -0.530. The zero-order chi connectivity index (χ0) is 10.4. The number of hydrogen-bond donors (Lipinski definition) is 1. The van der Waals surface area contributed by atoms with Gasteiger partial charge in [0.15, 0.2) is 0 Å². The van der Waals surface area contributed by atoms with Crippen molar-refractivity contribution in [3.63, 3.8) is 0 Å². The molecular formula is C12H18ClN. The fourth-order valence-corrected chi connectivity index (χ4v) is 1.60. The summed E-state index contributed by atoms with van der Waals surface area (Å²) >= 11 is 6.05. The van der Waals surface area contributed by atoms with Gasteiger partial charge in [0.25, 0.3) is 0 Å². The van der Waals surface area contributed by atoms with Gasteiger partial charge in [-0.1, -0.05) is 43.6 Å². The summed E-state index contributed by atoms with van der Waals surface area (Å²) < 4.78 is 0. The van der Waals surface area contributed by atoms with E-state index in [0.29, 0.717) is 6.04 Å². The Labute approximate surface area is 91.5 Å². The molecule has 0 amide bonds. The Kier molecular flexibility index (Phi) is 4.99. The molecular weight excluding hydrogens is 194 g/mol. The standard InChI is InChI=1S/C12H18ClN/c1-10(2)14-9-5-7-11-6-3-4-8-12(11)13/h3-4,6,8,10,14H,5,7,9H2,1-2H3. The second kappa shape index (κ2) is 6.05. The molecule has 0 unspecified atom stereocenters. The van der Waals surface area contributed by atoms with Gasteiger partial charge in [-0.25, -0.2) is 0 Å². The van der Waals surface area contributed by atoms with Crippen LogP contribution in [-0.4, -0.2) is 12.6 Å². The van der Waals surface area contributed by atoms with Gasteiger partial charge in [0.05, 0.1) is 0 Å². The second-order valence-corrected chi connectivity index (χ2v) is 4.21. The maximum absolute atomic E-state index is 6.05. The van der Waals surface area contributed by atoms with Crippen molar-refractivity contribution in [3.8, 4) is 0 Å². The van der Waals surface area contributed by atoms with Crippen LogP contribution in [0.4, 0.5) is 0 Å². The SMILES string of the molecule is CC(C)NCCCc1ccccc1Cl. The van der Waals surface area contributed by atoms with Crippen molar-refractivity contribution in [2.24, 2.45) is 0 Å². The molecule has 0 saturated heterocycles. The molecule has 0 atom stereocenters. The average Bonchev–Trinajstić information content (AvgIpc) is 2.15. The van der Waals surface area contributed by atoms with Crippen LogP contribution in [0.2, 0.25) is 5.02 Å². The minimum Gasteiger partial charge on any atom is -0.315 e. The van der Waals surface area contributed by atoms with E-state index >= 15 is 0 Å². The lowest BCUT2D eigenvalue weighted by molar-refractivity contribution is 0.570. The first-order chi connectivity index (χ1) is 6.70. The van der Waals surface area contributed by atoms with E-state index in [0.717, 1.165) is 24.4 Å². The Morgan fingerprint density at radius 2 is 2.00 bits per heavy atom. The first-order valence-electron chi connectivity index (χ1n) is 5.17. The van der Waals surface area contributed by atoms with Crippen molar-refractivity contribution in [3.05, 3.63) is 34.9 Å². The molecule has 2 heteroatoms. The fourth-order valence-electron chi connectivity index (χ4n) is 1.37. The molecule has 0 bridgehead atoms. The van der Waals surface area contributed by atoms with Crippen LogP contribution in [-0.2, 0) is 6.42 Å². The van der Waals surface area contributed by atoms with Crippen molar-refractivity contribution >= 4 is 11.6 Å². The van der Waals surface area contributed by atoms with E-state index < -0.39 is 0 Å². The third-order valence-electron chi connectivity index (χ3n) is 2.13. The van der Waals surface area contributed by atoms with Crippen molar-refractivity contribution in [2.75, 3.05) is 6.54 Å². The van der Waals surface area contributed by atoms with E-state index in [9.17, 15) is 0 Å². The number of rotatable bonds is 5. The van der Waals surface area contributed by atoms with Gasteiger partial charge in [0.1, 0.15) is 0 Å². The third kappa shape index (κ3) is 4.12. The lowest BCUT2D eigenvalue weighted by atomic mass is 10.1. The van der Waals surface area contributed by atoms with Gasteiger partial charge in [0.2, 0.25) is 0 Å². The van der Waals surface area contributed by atoms with E-state index in [1.165, 1.54) is 5.56 Å². The highest BCUT2D eigenvalue weighted by Crippen LogP contribution is 2.16. The monoisotopic (exact) mass is 211 g/mol. The summed E-state index contributed by atoms with van der Waals surface area (Å²) in [5, 5.41) is 4.28.